The van der Waals surface area contributed by atoms with Crippen LogP contribution in [0.2, 0.25) is 0 Å². The van der Waals surface area contributed by atoms with Gasteiger partial charge in [-0.2, -0.15) is 0 Å². The fourth-order valence-corrected chi connectivity index (χ4v) is 3.11. The zero-order valence-corrected chi connectivity index (χ0v) is 16.8. The first-order valence-electron chi connectivity index (χ1n) is 10.1. The number of carbonyl (C=O) groups is 1. The first kappa shape index (κ1) is 22.8. The molecule has 0 saturated carbocycles. The summed E-state index contributed by atoms with van der Waals surface area (Å²) in [5, 5.41) is 10.8. The molecule has 0 fully saturated rings. The largest absolute Gasteiger partial charge is 0.465 e. The summed E-state index contributed by atoms with van der Waals surface area (Å²) < 4.78 is 20.0. The average Bonchev–Trinajstić information content (AvgIpc) is 2.71. The molecule has 0 aliphatic heterocycles. The Balaban J connectivity index is 1.71. The number of unbranched alkanes of at least 4 members (excludes halogenated alkanes) is 2. The third-order valence-corrected chi connectivity index (χ3v) is 4.49. The minimum Gasteiger partial charge on any atom is -0.465 e. The highest BCUT2D eigenvalue weighted by Gasteiger charge is 2.15. The van der Waals surface area contributed by atoms with Gasteiger partial charge in [0.25, 0.3) is 0 Å². The summed E-state index contributed by atoms with van der Waals surface area (Å²) in [5.74, 6) is 0. The van der Waals surface area contributed by atoms with E-state index in [1.54, 1.807) is 0 Å². The van der Waals surface area contributed by atoms with Gasteiger partial charge in [-0.15, -0.1) is 0 Å². The third-order valence-electron chi connectivity index (χ3n) is 4.49. The van der Waals surface area contributed by atoms with Gasteiger partial charge in [-0.25, -0.2) is 9.18 Å². The molecule has 29 heavy (non-hydrogen) atoms. The van der Waals surface area contributed by atoms with Crippen molar-refractivity contribution in [3.8, 4) is 0 Å². The lowest BCUT2D eigenvalue weighted by molar-refractivity contribution is 0.0562. The van der Waals surface area contributed by atoms with Gasteiger partial charge in [0.2, 0.25) is 0 Å². The summed E-state index contributed by atoms with van der Waals surface area (Å²) in [6, 6.07) is 20.2. The average molecular weight is 403 g/mol. The van der Waals surface area contributed by atoms with Crippen molar-refractivity contribution < 1.29 is 19.0 Å². The maximum atomic E-state index is 14.5. The van der Waals surface area contributed by atoms with Crippen LogP contribution < -0.4 is 5.32 Å². The molecule has 6 heteroatoms. The van der Waals surface area contributed by atoms with Gasteiger partial charge in [-0.05, 0) is 30.4 Å². The molecule has 0 heterocycles. The van der Waals surface area contributed by atoms with Crippen LogP contribution in [-0.2, 0) is 17.8 Å². The highest BCUT2D eigenvalue weighted by Crippen LogP contribution is 2.12. The van der Waals surface area contributed by atoms with E-state index in [1.165, 1.54) is 0 Å². The first-order valence-corrected chi connectivity index (χ1v) is 10.1. The number of halogens is 1. The summed E-state index contributed by atoms with van der Waals surface area (Å²) in [4.78, 5) is 12.5. The van der Waals surface area contributed by atoms with Crippen molar-refractivity contribution >= 4 is 6.09 Å². The number of amides is 1. The molecule has 2 rings (SSSR count). The van der Waals surface area contributed by atoms with Crippen LogP contribution in [0.15, 0.2) is 60.7 Å². The van der Waals surface area contributed by atoms with E-state index in [4.69, 9.17) is 9.84 Å². The fourth-order valence-electron chi connectivity index (χ4n) is 3.11. The second kappa shape index (κ2) is 13.7. The Morgan fingerprint density at radius 3 is 2.10 bits per heavy atom. The number of carboxylic acid groups (broad SMARTS) is 1. The second-order valence-electron chi connectivity index (χ2n) is 7.11. The number of rotatable bonds is 14. The Bertz CT molecular complexity index is 644. The molecule has 0 saturated heterocycles. The molecule has 158 valence electrons. The monoisotopic (exact) mass is 402 g/mol. The van der Waals surface area contributed by atoms with Gasteiger partial charge >= 0.3 is 6.09 Å². The van der Waals surface area contributed by atoms with Crippen LogP contribution in [0.5, 0.6) is 0 Å². The molecule has 2 N–H and O–H groups in total. The first-order chi connectivity index (χ1) is 14.1. The predicted octanol–water partition coefficient (Wildman–Crippen LogP) is 4.48. The molecule has 0 aromatic heterocycles. The van der Waals surface area contributed by atoms with Gasteiger partial charge in [0.1, 0.15) is 6.17 Å². The SMILES string of the molecule is O=C(O)NCCCCCOCC(F)CN(Cc1ccccc1)Cc1ccccc1. The van der Waals surface area contributed by atoms with E-state index >= 15 is 0 Å². The number of benzene rings is 2. The van der Waals surface area contributed by atoms with Gasteiger partial charge in [0.05, 0.1) is 6.61 Å². The van der Waals surface area contributed by atoms with Crippen molar-refractivity contribution in [3.05, 3.63) is 71.8 Å². The van der Waals surface area contributed by atoms with Gasteiger partial charge in [0, 0.05) is 32.8 Å². The van der Waals surface area contributed by atoms with Crippen molar-refractivity contribution in [1.29, 1.82) is 0 Å². The number of hydrogen-bond acceptors (Lipinski definition) is 3. The smallest absolute Gasteiger partial charge is 0.404 e. The molecule has 0 aliphatic rings. The van der Waals surface area contributed by atoms with E-state index in [2.05, 4.69) is 34.5 Å². The molecule has 0 radical (unpaired) electrons. The summed E-state index contributed by atoms with van der Waals surface area (Å²) in [5.41, 5.74) is 2.32. The lowest BCUT2D eigenvalue weighted by Crippen LogP contribution is -2.32. The van der Waals surface area contributed by atoms with E-state index in [-0.39, 0.29) is 6.61 Å². The molecule has 1 unspecified atom stereocenters. The number of nitrogens with zero attached hydrogens (tertiary/aromatic N) is 1. The zero-order chi connectivity index (χ0) is 20.7. The molecule has 2 aromatic rings. The maximum Gasteiger partial charge on any atom is 0.404 e. The molecule has 0 bridgehead atoms. The number of alkyl halides is 1. The van der Waals surface area contributed by atoms with Crippen molar-refractivity contribution in [3.63, 3.8) is 0 Å². The number of ether oxygens (including phenoxy) is 1. The molecule has 2 aromatic carbocycles. The molecule has 0 aliphatic carbocycles. The summed E-state index contributed by atoms with van der Waals surface area (Å²) in [6.07, 6.45) is 0.349. The van der Waals surface area contributed by atoms with Crippen LogP contribution in [0.3, 0.4) is 0 Å². The number of nitrogens with one attached hydrogen (secondary N) is 1. The van der Waals surface area contributed by atoms with E-state index in [0.717, 1.165) is 30.4 Å². The van der Waals surface area contributed by atoms with Crippen LogP contribution in [0.1, 0.15) is 30.4 Å². The van der Waals surface area contributed by atoms with Crippen molar-refractivity contribution in [2.75, 3.05) is 26.3 Å². The molecule has 0 spiro atoms. The van der Waals surface area contributed by atoms with Crippen LogP contribution >= 0.6 is 0 Å². The van der Waals surface area contributed by atoms with Gasteiger partial charge in [0.15, 0.2) is 0 Å². The van der Waals surface area contributed by atoms with Gasteiger partial charge < -0.3 is 15.2 Å². The summed E-state index contributed by atoms with van der Waals surface area (Å²) in [7, 11) is 0. The molecule has 1 atom stereocenters. The van der Waals surface area contributed by atoms with Crippen molar-refractivity contribution in [1.82, 2.24) is 10.2 Å². The molecular formula is C23H31FN2O3. The minimum atomic E-state index is -1.06. The van der Waals surface area contributed by atoms with E-state index in [9.17, 15) is 9.18 Å². The predicted molar refractivity (Wildman–Crippen MR) is 113 cm³/mol. The Morgan fingerprint density at radius 1 is 0.966 bits per heavy atom. The van der Waals surface area contributed by atoms with Crippen LogP contribution in [-0.4, -0.2) is 48.6 Å². The highest BCUT2D eigenvalue weighted by molar-refractivity contribution is 5.64. The van der Waals surface area contributed by atoms with Gasteiger partial charge in [-0.3, -0.25) is 4.90 Å². The Hall–Kier alpha value is -2.44. The number of hydrogen-bond donors (Lipinski definition) is 2. The fraction of sp³-hybridized carbons (Fsp3) is 0.435. The van der Waals surface area contributed by atoms with E-state index in [1.807, 2.05) is 36.4 Å². The van der Waals surface area contributed by atoms with Gasteiger partial charge in [-0.1, -0.05) is 60.7 Å². The zero-order valence-electron chi connectivity index (χ0n) is 16.8. The standard InChI is InChI=1S/C23H31FN2O3/c24-22(19-29-15-9-3-8-14-25-23(27)28)18-26(16-20-10-4-1-5-11-20)17-21-12-6-2-7-13-21/h1-2,4-7,10-13,22,25H,3,8-9,14-19H2,(H,27,28). The van der Waals surface area contributed by atoms with Crippen LogP contribution in [0.25, 0.3) is 0 Å². The van der Waals surface area contributed by atoms with Crippen molar-refractivity contribution in [2.45, 2.75) is 38.5 Å². The second-order valence-corrected chi connectivity index (χ2v) is 7.11. The van der Waals surface area contributed by atoms with Crippen LogP contribution in [0, 0.1) is 0 Å². The van der Waals surface area contributed by atoms with E-state index < -0.39 is 12.3 Å². The summed E-state index contributed by atoms with van der Waals surface area (Å²) in [6.45, 7) is 2.69. The van der Waals surface area contributed by atoms with Crippen LogP contribution in [0.4, 0.5) is 9.18 Å². The molecule has 5 nitrogen and oxygen atoms in total. The minimum absolute atomic E-state index is 0.0768. The van der Waals surface area contributed by atoms with E-state index in [0.29, 0.717) is 32.8 Å². The third kappa shape index (κ3) is 10.6. The topological polar surface area (TPSA) is 61.8 Å². The Kier molecular flexibility index (Phi) is 10.8. The Morgan fingerprint density at radius 2 is 1.55 bits per heavy atom. The maximum absolute atomic E-state index is 14.5. The normalized spacial score (nSPS) is 12.1. The highest BCUT2D eigenvalue weighted by atomic mass is 19.1. The molecular weight excluding hydrogens is 371 g/mol. The lowest BCUT2D eigenvalue weighted by atomic mass is 10.1. The Labute approximate surface area is 172 Å². The van der Waals surface area contributed by atoms with Crippen molar-refractivity contribution in [2.24, 2.45) is 0 Å². The quantitative estimate of drug-likeness (QED) is 0.457. The molecule has 1 amide bonds. The lowest BCUT2D eigenvalue weighted by Gasteiger charge is -2.24. The summed E-state index contributed by atoms with van der Waals surface area (Å²) >= 11 is 0.